The number of nitrogens with zero attached hydrogens (tertiary/aromatic N) is 2. The van der Waals surface area contributed by atoms with Crippen molar-refractivity contribution in [1.82, 2.24) is 9.13 Å². The van der Waals surface area contributed by atoms with Gasteiger partial charge in [-0.05, 0) is 11.5 Å². The Morgan fingerprint density at radius 2 is 2.05 bits per heavy atom. The molecule has 2 rings (SSSR count). The van der Waals surface area contributed by atoms with Crippen LogP contribution in [-0.4, -0.2) is 33.4 Å². The molecule has 2 N–H and O–H groups in total. The summed E-state index contributed by atoms with van der Waals surface area (Å²) in [5.41, 5.74) is 0.929. The van der Waals surface area contributed by atoms with Crippen molar-refractivity contribution >= 4 is 12.6 Å². The van der Waals surface area contributed by atoms with Crippen molar-refractivity contribution in [1.29, 1.82) is 0 Å². The lowest BCUT2D eigenvalue weighted by atomic mass is 9.79. The van der Waals surface area contributed by atoms with Crippen molar-refractivity contribution in [2.45, 2.75) is 6.54 Å². The molecule has 1 heterocycles. The van der Waals surface area contributed by atoms with Crippen LogP contribution in [0.2, 0.25) is 0 Å². The van der Waals surface area contributed by atoms with E-state index in [1.165, 1.54) is 16.2 Å². The van der Waals surface area contributed by atoms with Gasteiger partial charge in [-0.25, -0.2) is 4.79 Å². The van der Waals surface area contributed by atoms with Crippen LogP contribution in [0.25, 0.3) is 0 Å². The molecule has 0 spiro atoms. The number of hydrogen-bond acceptors (Lipinski definition) is 4. The van der Waals surface area contributed by atoms with Gasteiger partial charge in [0.2, 0.25) is 0 Å². The standard InChI is InChI=1S/C12H15BN2O4/c1-14-5-6-15(12(14)16)8-9-7-10(13(17)18)3-4-11(9)19-2/h3-7,17-18H,8H2,1-2H3. The summed E-state index contributed by atoms with van der Waals surface area (Å²) in [6.07, 6.45) is 3.34. The third-order valence-electron chi connectivity index (χ3n) is 2.96. The molecule has 1 aromatic heterocycles. The number of aryl methyl sites for hydroxylation is 1. The second-order valence-electron chi connectivity index (χ2n) is 4.26. The van der Waals surface area contributed by atoms with E-state index in [9.17, 15) is 14.8 Å². The quantitative estimate of drug-likeness (QED) is 0.687. The highest BCUT2D eigenvalue weighted by atomic mass is 16.5. The summed E-state index contributed by atoms with van der Waals surface area (Å²) < 4.78 is 8.20. The van der Waals surface area contributed by atoms with Crippen LogP contribution in [0.4, 0.5) is 0 Å². The maximum absolute atomic E-state index is 11.8. The molecule has 0 fully saturated rings. The van der Waals surface area contributed by atoms with Crippen LogP contribution in [0.5, 0.6) is 5.75 Å². The van der Waals surface area contributed by atoms with Gasteiger partial charge in [-0.1, -0.05) is 12.1 Å². The fourth-order valence-corrected chi connectivity index (χ4v) is 1.90. The van der Waals surface area contributed by atoms with Gasteiger partial charge < -0.3 is 19.4 Å². The molecule has 0 unspecified atom stereocenters. The number of ether oxygens (including phenoxy) is 1. The molecule has 7 heteroatoms. The first-order chi connectivity index (χ1) is 9.02. The van der Waals surface area contributed by atoms with Crippen LogP contribution in [0.3, 0.4) is 0 Å². The average Bonchev–Trinajstić information content (AvgIpc) is 2.70. The molecule has 100 valence electrons. The van der Waals surface area contributed by atoms with Gasteiger partial charge in [0, 0.05) is 25.0 Å². The Labute approximate surface area is 110 Å². The first kappa shape index (κ1) is 13.4. The number of rotatable bonds is 4. The summed E-state index contributed by atoms with van der Waals surface area (Å²) in [6.45, 7) is 0.309. The van der Waals surface area contributed by atoms with E-state index in [1.807, 2.05) is 0 Å². The van der Waals surface area contributed by atoms with E-state index >= 15 is 0 Å². The second kappa shape index (κ2) is 5.33. The highest BCUT2D eigenvalue weighted by Crippen LogP contribution is 2.17. The fourth-order valence-electron chi connectivity index (χ4n) is 1.90. The normalized spacial score (nSPS) is 10.5. The second-order valence-corrected chi connectivity index (χ2v) is 4.26. The van der Waals surface area contributed by atoms with Crippen LogP contribution < -0.4 is 15.9 Å². The third kappa shape index (κ3) is 2.72. The molecule has 0 aliphatic rings. The van der Waals surface area contributed by atoms with Crippen molar-refractivity contribution in [3.05, 3.63) is 46.6 Å². The van der Waals surface area contributed by atoms with Crippen LogP contribution in [0.15, 0.2) is 35.4 Å². The van der Waals surface area contributed by atoms with Crippen molar-refractivity contribution < 1.29 is 14.8 Å². The molecule has 0 bridgehead atoms. The zero-order chi connectivity index (χ0) is 14.0. The lowest BCUT2D eigenvalue weighted by Crippen LogP contribution is -2.30. The summed E-state index contributed by atoms with van der Waals surface area (Å²) in [4.78, 5) is 11.8. The Bertz CT molecular complexity index is 633. The molecular weight excluding hydrogens is 247 g/mol. The molecule has 0 radical (unpaired) electrons. The molecule has 0 aliphatic carbocycles. The van der Waals surface area contributed by atoms with Crippen molar-refractivity contribution in [2.75, 3.05) is 7.11 Å². The first-order valence-electron chi connectivity index (χ1n) is 5.77. The highest BCUT2D eigenvalue weighted by molar-refractivity contribution is 6.58. The lowest BCUT2D eigenvalue weighted by molar-refractivity contribution is 0.407. The molecule has 0 aliphatic heterocycles. The Hall–Kier alpha value is -1.99. The molecule has 2 aromatic rings. The van der Waals surface area contributed by atoms with Gasteiger partial charge in [0.05, 0.1) is 13.7 Å². The van der Waals surface area contributed by atoms with E-state index in [4.69, 9.17) is 4.74 Å². The fraction of sp³-hybridized carbons (Fsp3) is 0.250. The molecule has 6 nitrogen and oxygen atoms in total. The van der Waals surface area contributed by atoms with Crippen molar-refractivity contribution in [2.24, 2.45) is 7.05 Å². The number of methoxy groups -OCH3 is 1. The van der Waals surface area contributed by atoms with E-state index in [-0.39, 0.29) is 5.69 Å². The zero-order valence-corrected chi connectivity index (χ0v) is 10.8. The maximum Gasteiger partial charge on any atom is 0.488 e. The average molecular weight is 262 g/mol. The van der Waals surface area contributed by atoms with Gasteiger partial charge in [-0.3, -0.25) is 4.57 Å². The van der Waals surface area contributed by atoms with E-state index in [1.54, 1.807) is 37.6 Å². The van der Waals surface area contributed by atoms with Gasteiger partial charge in [-0.2, -0.15) is 0 Å². The molecular formula is C12H15BN2O4. The minimum Gasteiger partial charge on any atom is -0.496 e. The molecule has 19 heavy (non-hydrogen) atoms. The summed E-state index contributed by atoms with van der Waals surface area (Å²) in [6, 6.07) is 4.84. The highest BCUT2D eigenvalue weighted by Gasteiger charge is 2.14. The van der Waals surface area contributed by atoms with Crippen LogP contribution >= 0.6 is 0 Å². The Kier molecular flexibility index (Phi) is 3.78. The monoisotopic (exact) mass is 262 g/mol. The smallest absolute Gasteiger partial charge is 0.488 e. The van der Waals surface area contributed by atoms with Gasteiger partial charge >= 0.3 is 12.8 Å². The van der Waals surface area contributed by atoms with E-state index in [2.05, 4.69) is 0 Å². The molecule has 0 atom stereocenters. The van der Waals surface area contributed by atoms with Crippen LogP contribution in [0.1, 0.15) is 5.56 Å². The predicted molar refractivity (Wildman–Crippen MR) is 71.6 cm³/mol. The Morgan fingerprint density at radius 1 is 1.32 bits per heavy atom. The number of aromatic nitrogens is 2. The summed E-state index contributed by atoms with van der Waals surface area (Å²) in [5, 5.41) is 18.4. The molecule has 0 amide bonds. The van der Waals surface area contributed by atoms with Gasteiger partial charge in [-0.15, -0.1) is 0 Å². The lowest BCUT2D eigenvalue weighted by Gasteiger charge is -2.10. The van der Waals surface area contributed by atoms with Gasteiger partial charge in [0.15, 0.2) is 0 Å². The van der Waals surface area contributed by atoms with Gasteiger partial charge in [0.1, 0.15) is 5.75 Å². The minimum atomic E-state index is -1.54. The number of benzene rings is 1. The Balaban J connectivity index is 2.40. The summed E-state index contributed by atoms with van der Waals surface area (Å²) >= 11 is 0. The zero-order valence-electron chi connectivity index (χ0n) is 10.8. The number of hydrogen-bond donors (Lipinski definition) is 2. The van der Waals surface area contributed by atoms with E-state index in [0.717, 1.165) is 0 Å². The summed E-state index contributed by atoms with van der Waals surface area (Å²) in [5.74, 6) is 0.597. The maximum atomic E-state index is 11.8. The predicted octanol–water partition coefficient (Wildman–Crippen LogP) is -1.08. The molecule has 0 saturated heterocycles. The first-order valence-corrected chi connectivity index (χ1v) is 5.77. The third-order valence-corrected chi connectivity index (χ3v) is 2.96. The largest absolute Gasteiger partial charge is 0.496 e. The topological polar surface area (TPSA) is 76.6 Å². The Morgan fingerprint density at radius 3 is 2.58 bits per heavy atom. The SMILES string of the molecule is COc1ccc(B(O)O)cc1Cn1ccn(C)c1=O. The van der Waals surface area contributed by atoms with Crippen molar-refractivity contribution in [3.63, 3.8) is 0 Å². The molecule has 1 aromatic carbocycles. The number of imidazole rings is 1. The van der Waals surface area contributed by atoms with Crippen molar-refractivity contribution in [3.8, 4) is 5.75 Å². The minimum absolute atomic E-state index is 0.142. The van der Waals surface area contributed by atoms with E-state index in [0.29, 0.717) is 23.3 Å². The van der Waals surface area contributed by atoms with Crippen LogP contribution in [-0.2, 0) is 13.6 Å². The molecule has 0 saturated carbocycles. The van der Waals surface area contributed by atoms with Gasteiger partial charge in [0.25, 0.3) is 0 Å². The summed E-state index contributed by atoms with van der Waals surface area (Å²) in [7, 11) is 1.66. The van der Waals surface area contributed by atoms with E-state index < -0.39 is 7.12 Å². The van der Waals surface area contributed by atoms with Crippen LogP contribution in [0, 0.1) is 0 Å².